The van der Waals surface area contributed by atoms with Crippen LogP contribution in [0.3, 0.4) is 0 Å². The van der Waals surface area contributed by atoms with Gasteiger partial charge in [-0.05, 0) is 19.8 Å². The van der Waals surface area contributed by atoms with Gasteiger partial charge < -0.3 is 14.8 Å². The molecule has 1 N–H and O–H groups in total. The lowest BCUT2D eigenvalue weighted by molar-refractivity contribution is -0.0112. The Morgan fingerprint density at radius 1 is 1.31 bits per heavy atom. The Bertz CT molecular complexity index is 189. The summed E-state index contributed by atoms with van der Waals surface area (Å²) >= 11 is 0. The highest BCUT2D eigenvalue weighted by molar-refractivity contribution is 4.86. The first-order valence-electron chi connectivity index (χ1n) is 6.53. The third-order valence-electron chi connectivity index (χ3n) is 3.46. The molecule has 1 saturated carbocycles. The first kappa shape index (κ1) is 12.3. The molecule has 0 bridgehead atoms. The van der Waals surface area contributed by atoms with Crippen molar-refractivity contribution in [1.82, 2.24) is 10.2 Å². The highest BCUT2D eigenvalue weighted by atomic mass is 16.5. The molecule has 94 valence electrons. The largest absolute Gasteiger partial charge is 0.379 e. The molecule has 0 aromatic heterocycles. The van der Waals surface area contributed by atoms with Gasteiger partial charge in [-0.15, -0.1) is 0 Å². The fourth-order valence-corrected chi connectivity index (χ4v) is 2.36. The van der Waals surface area contributed by atoms with Crippen molar-refractivity contribution in [3.8, 4) is 0 Å². The number of morpholine rings is 1. The summed E-state index contributed by atoms with van der Waals surface area (Å²) < 4.78 is 10.9. The van der Waals surface area contributed by atoms with E-state index in [9.17, 15) is 0 Å². The average Bonchev–Trinajstić information content (AvgIpc) is 2.27. The number of hydrogen-bond acceptors (Lipinski definition) is 4. The lowest BCUT2D eigenvalue weighted by Crippen LogP contribution is -2.48. The van der Waals surface area contributed by atoms with E-state index in [4.69, 9.17) is 9.47 Å². The van der Waals surface area contributed by atoms with Gasteiger partial charge in [-0.3, -0.25) is 4.90 Å². The standard InChI is InChI=1S/C12H24N2O2/c1-2-16-12-9-11(10-12)13-3-4-14-5-7-15-8-6-14/h11-13H,2-10H2,1H3. The van der Waals surface area contributed by atoms with E-state index in [2.05, 4.69) is 17.1 Å². The number of rotatable bonds is 6. The summed E-state index contributed by atoms with van der Waals surface area (Å²) in [5.41, 5.74) is 0. The van der Waals surface area contributed by atoms with Crippen LogP contribution in [-0.2, 0) is 9.47 Å². The van der Waals surface area contributed by atoms with Crippen LogP contribution in [0.25, 0.3) is 0 Å². The molecular formula is C12H24N2O2. The van der Waals surface area contributed by atoms with E-state index in [-0.39, 0.29) is 0 Å². The highest BCUT2D eigenvalue weighted by Crippen LogP contribution is 2.22. The van der Waals surface area contributed by atoms with Crippen molar-refractivity contribution < 1.29 is 9.47 Å². The van der Waals surface area contributed by atoms with Gasteiger partial charge in [0.2, 0.25) is 0 Å². The number of ether oxygens (including phenoxy) is 2. The topological polar surface area (TPSA) is 33.7 Å². The van der Waals surface area contributed by atoms with Gasteiger partial charge in [0, 0.05) is 38.8 Å². The van der Waals surface area contributed by atoms with Crippen LogP contribution in [0.2, 0.25) is 0 Å². The van der Waals surface area contributed by atoms with Gasteiger partial charge in [0.15, 0.2) is 0 Å². The first-order valence-corrected chi connectivity index (χ1v) is 6.53. The van der Waals surface area contributed by atoms with Crippen LogP contribution in [0.1, 0.15) is 19.8 Å². The minimum absolute atomic E-state index is 0.519. The van der Waals surface area contributed by atoms with Gasteiger partial charge in [0.1, 0.15) is 0 Å². The zero-order chi connectivity index (χ0) is 11.2. The molecule has 0 spiro atoms. The fraction of sp³-hybridized carbons (Fsp3) is 1.00. The van der Waals surface area contributed by atoms with Crippen LogP contribution in [0.5, 0.6) is 0 Å². The number of hydrogen-bond donors (Lipinski definition) is 1. The SMILES string of the molecule is CCOC1CC(NCCN2CCOCC2)C1. The van der Waals surface area contributed by atoms with Gasteiger partial charge in [-0.1, -0.05) is 0 Å². The van der Waals surface area contributed by atoms with Crippen LogP contribution in [0, 0.1) is 0 Å². The van der Waals surface area contributed by atoms with Crippen molar-refractivity contribution in [2.75, 3.05) is 46.0 Å². The Hall–Kier alpha value is -0.160. The monoisotopic (exact) mass is 228 g/mol. The molecule has 2 fully saturated rings. The van der Waals surface area contributed by atoms with Gasteiger partial charge in [0.05, 0.1) is 19.3 Å². The molecule has 16 heavy (non-hydrogen) atoms. The Morgan fingerprint density at radius 2 is 2.06 bits per heavy atom. The third kappa shape index (κ3) is 3.70. The van der Waals surface area contributed by atoms with Gasteiger partial charge in [-0.25, -0.2) is 0 Å². The van der Waals surface area contributed by atoms with Gasteiger partial charge in [-0.2, -0.15) is 0 Å². The maximum absolute atomic E-state index is 5.54. The molecule has 1 saturated heterocycles. The number of nitrogens with one attached hydrogen (secondary N) is 1. The van der Waals surface area contributed by atoms with E-state index >= 15 is 0 Å². The maximum atomic E-state index is 5.54. The zero-order valence-electron chi connectivity index (χ0n) is 10.3. The summed E-state index contributed by atoms with van der Waals surface area (Å²) in [6, 6.07) is 0.692. The second-order valence-electron chi connectivity index (χ2n) is 4.65. The van der Waals surface area contributed by atoms with Crippen LogP contribution in [0.4, 0.5) is 0 Å². The Morgan fingerprint density at radius 3 is 2.75 bits per heavy atom. The summed E-state index contributed by atoms with van der Waals surface area (Å²) in [4.78, 5) is 2.47. The molecule has 4 nitrogen and oxygen atoms in total. The van der Waals surface area contributed by atoms with Crippen molar-refractivity contribution in [2.45, 2.75) is 31.9 Å². The van der Waals surface area contributed by atoms with Gasteiger partial charge in [0.25, 0.3) is 0 Å². The molecule has 0 amide bonds. The normalized spacial score (nSPS) is 31.3. The molecule has 1 heterocycles. The summed E-state index contributed by atoms with van der Waals surface area (Å²) in [5, 5.41) is 3.59. The van der Waals surface area contributed by atoms with Gasteiger partial charge >= 0.3 is 0 Å². The van der Waals surface area contributed by atoms with E-state index in [1.54, 1.807) is 0 Å². The summed E-state index contributed by atoms with van der Waals surface area (Å²) in [6.07, 6.45) is 2.90. The summed E-state index contributed by atoms with van der Waals surface area (Å²) in [5.74, 6) is 0. The molecule has 1 aliphatic carbocycles. The molecule has 0 aromatic carbocycles. The summed E-state index contributed by atoms with van der Waals surface area (Å²) in [7, 11) is 0. The van der Waals surface area contributed by atoms with Crippen molar-refractivity contribution in [3.05, 3.63) is 0 Å². The second-order valence-corrected chi connectivity index (χ2v) is 4.65. The quantitative estimate of drug-likeness (QED) is 0.717. The molecule has 1 aliphatic heterocycles. The second kappa shape index (κ2) is 6.55. The van der Waals surface area contributed by atoms with Crippen molar-refractivity contribution >= 4 is 0 Å². The molecule has 2 rings (SSSR count). The van der Waals surface area contributed by atoms with E-state index in [1.165, 1.54) is 12.8 Å². The highest BCUT2D eigenvalue weighted by Gasteiger charge is 2.28. The molecular weight excluding hydrogens is 204 g/mol. The Labute approximate surface area is 98.3 Å². The minimum Gasteiger partial charge on any atom is -0.379 e. The van der Waals surface area contributed by atoms with Crippen LogP contribution >= 0.6 is 0 Å². The first-order chi connectivity index (χ1) is 7.88. The lowest BCUT2D eigenvalue weighted by Gasteiger charge is -2.36. The van der Waals surface area contributed by atoms with E-state index < -0.39 is 0 Å². The lowest BCUT2D eigenvalue weighted by atomic mass is 9.89. The van der Waals surface area contributed by atoms with Crippen molar-refractivity contribution in [1.29, 1.82) is 0 Å². The predicted molar refractivity (Wildman–Crippen MR) is 63.7 cm³/mol. The van der Waals surface area contributed by atoms with Crippen LogP contribution < -0.4 is 5.32 Å². The Kier molecular flexibility index (Phi) is 5.03. The zero-order valence-corrected chi connectivity index (χ0v) is 10.3. The average molecular weight is 228 g/mol. The smallest absolute Gasteiger partial charge is 0.0604 e. The third-order valence-corrected chi connectivity index (χ3v) is 3.46. The Balaban J connectivity index is 1.46. The van der Waals surface area contributed by atoms with E-state index in [0.29, 0.717) is 12.1 Å². The van der Waals surface area contributed by atoms with Crippen LogP contribution in [0.15, 0.2) is 0 Å². The summed E-state index contributed by atoms with van der Waals surface area (Å²) in [6.45, 7) is 9.15. The van der Waals surface area contributed by atoms with E-state index in [0.717, 1.165) is 46.0 Å². The molecule has 0 aromatic rings. The molecule has 0 radical (unpaired) electrons. The molecule has 4 heteroatoms. The maximum Gasteiger partial charge on any atom is 0.0604 e. The predicted octanol–water partition coefficient (Wildman–Crippen LogP) is 0.476. The number of nitrogens with zero attached hydrogens (tertiary/aromatic N) is 1. The van der Waals surface area contributed by atoms with Crippen molar-refractivity contribution in [3.63, 3.8) is 0 Å². The van der Waals surface area contributed by atoms with Crippen LogP contribution in [-0.4, -0.2) is 63.0 Å². The molecule has 0 atom stereocenters. The van der Waals surface area contributed by atoms with Crippen molar-refractivity contribution in [2.24, 2.45) is 0 Å². The molecule has 0 unspecified atom stereocenters. The fourth-order valence-electron chi connectivity index (χ4n) is 2.36. The molecule has 2 aliphatic rings. The van der Waals surface area contributed by atoms with E-state index in [1.807, 2.05) is 0 Å². The minimum atomic E-state index is 0.519.